The van der Waals surface area contributed by atoms with Gasteiger partial charge < -0.3 is 9.29 Å². The highest BCUT2D eigenvalue weighted by Crippen LogP contribution is 2.29. The first kappa shape index (κ1) is 18.1. The molecule has 1 N–H and O–H groups in total. The Bertz CT molecular complexity index is 948. The van der Waals surface area contributed by atoms with Crippen molar-refractivity contribution in [1.29, 1.82) is 0 Å². The number of anilines is 1. The van der Waals surface area contributed by atoms with Crippen molar-refractivity contribution in [1.82, 2.24) is 9.88 Å². The molecule has 1 aliphatic heterocycles. The Hall–Kier alpha value is -2.26. The fraction of sp³-hybridized carbons (Fsp3) is 0.211. The van der Waals surface area contributed by atoms with Crippen LogP contribution < -0.4 is 9.46 Å². The van der Waals surface area contributed by atoms with Gasteiger partial charge in [-0.2, -0.15) is 11.3 Å². The average Bonchev–Trinajstić information content (AvgIpc) is 3.07. The van der Waals surface area contributed by atoms with E-state index in [1.165, 1.54) is 11.8 Å². The molecular weight excluding hydrogens is 382 g/mol. The van der Waals surface area contributed by atoms with Crippen LogP contribution in [0.25, 0.3) is 0 Å². The molecule has 0 amide bonds. The van der Waals surface area contributed by atoms with Gasteiger partial charge in [-0.3, -0.25) is 9.88 Å². The molecule has 27 heavy (non-hydrogen) atoms. The van der Waals surface area contributed by atoms with Crippen LogP contribution in [0.1, 0.15) is 11.1 Å². The largest absolute Gasteiger partial charge is 0.588 e. The highest BCUT2D eigenvalue weighted by Gasteiger charge is 2.24. The van der Waals surface area contributed by atoms with E-state index in [4.69, 9.17) is 4.74 Å². The van der Waals surface area contributed by atoms with Gasteiger partial charge >= 0.3 is 0 Å². The number of aromatic nitrogens is 1. The van der Waals surface area contributed by atoms with Crippen LogP contribution in [-0.4, -0.2) is 27.6 Å². The lowest BCUT2D eigenvalue weighted by molar-refractivity contribution is 0.220. The van der Waals surface area contributed by atoms with E-state index < -0.39 is 10.4 Å². The lowest BCUT2D eigenvalue weighted by atomic mass is 10.2. The first-order chi connectivity index (χ1) is 13.1. The molecule has 0 saturated carbocycles. The summed E-state index contributed by atoms with van der Waals surface area (Å²) in [7, 11) is -3.70. The molecule has 4 rings (SSSR count). The van der Waals surface area contributed by atoms with E-state index in [2.05, 4.69) is 31.4 Å². The van der Waals surface area contributed by atoms with Gasteiger partial charge in [0.05, 0.1) is 11.9 Å². The summed E-state index contributed by atoms with van der Waals surface area (Å²) in [6, 6.07) is 10.5. The van der Waals surface area contributed by atoms with Gasteiger partial charge in [-0.05, 0) is 46.7 Å². The van der Waals surface area contributed by atoms with Crippen molar-refractivity contribution in [3.63, 3.8) is 0 Å². The van der Waals surface area contributed by atoms with Crippen LogP contribution >= 0.6 is 11.3 Å². The quantitative estimate of drug-likeness (QED) is 0.662. The maximum atomic E-state index is 12.6. The van der Waals surface area contributed by atoms with Gasteiger partial charge in [-0.15, -0.1) is 0 Å². The van der Waals surface area contributed by atoms with Crippen LogP contribution in [-0.2, 0) is 27.7 Å². The van der Waals surface area contributed by atoms with Crippen molar-refractivity contribution in [2.75, 3.05) is 17.9 Å². The monoisotopic (exact) mass is 401 g/mol. The summed E-state index contributed by atoms with van der Waals surface area (Å²) in [6.45, 7) is 2.90. The van der Waals surface area contributed by atoms with Crippen molar-refractivity contribution < 1.29 is 13.5 Å². The van der Waals surface area contributed by atoms with Crippen molar-refractivity contribution >= 4 is 27.4 Å². The van der Waals surface area contributed by atoms with E-state index in [-0.39, 0.29) is 4.90 Å². The molecule has 0 saturated heterocycles. The third-order valence-electron chi connectivity index (χ3n) is 4.31. The van der Waals surface area contributed by atoms with Crippen LogP contribution in [0.3, 0.4) is 0 Å². The summed E-state index contributed by atoms with van der Waals surface area (Å²) in [5.41, 5.74) is 2.70. The van der Waals surface area contributed by atoms with E-state index >= 15 is 0 Å². The molecule has 6 nitrogen and oxygen atoms in total. The minimum atomic E-state index is -3.70. The van der Waals surface area contributed by atoms with E-state index in [0.717, 1.165) is 25.2 Å². The van der Waals surface area contributed by atoms with Crippen LogP contribution in [0.4, 0.5) is 5.69 Å². The third kappa shape index (κ3) is 4.36. The van der Waals surface area contributed by atoms with Gasteiger partial charge in [0.1, 0.15) is 12.4 Å². The fourth-order valence-corrected chi connectivity index (χ4v) is 4.70. The highest BCUT2D eigenvalue weighted by molar-refractivity contribution is 7.98. The molecule has 1 aliphatic rings. The van der Waals surface area contributed by atoms with Gasteiger partial charge in [-0.1, -0.05) is 4.21 Å². The summed E-state index contributed by atoms with van der Waals surface area (Å²) in [5, 5.41) is 4.22. The molecule has 3 aromatic rings. The molecular formula is C19H19N3O3S2. The fourth-order valence-electron chi connectivity index (χ4n) is 2.98. The minimum Gasteiger partial charge on any atom is -0.588 e. The van der Waals surface area contributed by atoms with Gasteiger partial charge in [0, 0.05) is 37.5 Å². The number of pyridine rings is 1. The van der Waals surface area contributed by atoms with Crippen molar-refractivity contribution in [2.45, 2.75) is 18.0 Å². The maximum absolute atomic E-state index is 12.6. The van der Waals surface area contributed by atoms with E-state index in [1.807, 2.05) is 6.07 Å². The van der Waals surface area contributed by atoms with Crippen molar-refractivity contribution in [2.24, 2.45) is 0 Å². The molecule has 0 spiro atoms. The zero-order valence-corrected chi connectivity index (χ0v) is 16.2. The lowest BCUT2D eigenvalue weighted by Crippen LogP contribution is -2.25. The summed E-state index contributed by atoms with van der Waals surface area (Å²) >= 11 is 1.69. The van der Waals surface area contributed by atoms with Gasteiger partial charge in [0.25, 0.3) is 0 Å². The number of sulfonamides is 1. The van der Waals surface area contributed by atoms with Crippen molar-refractivity contribution in [3.05, 3.63) is 70.7 Å². The smallest absolute Gasteiger partial charge is 0.184 e. The molecule has 8 heteroatoms. The number of nitrogens with one attached hydrogen (secondary N) is 1. The third-order valence-corrected chi connectivity index (χ3v) is 6.42. The second-order valence-corrected chi connectivity index (χ2v) is 8.77. The lowest BCUT2D eigenvalue weighted by Gasteiger charge is -2.19. The highest BCUT2D eigenvalue weighted by atomic mass is 32.3. The number of hydrogen-bond acceptors (Lipinski definition) is 6. The predicted octanol–water partition coefficient (Wildman–Crippen LogP) is 3.55. The molecule has 0 bridgehead atoms. The summed E-state index contributed by atoms with van der Waals surface area (Å²) in [5.74, 6) is 0.622. The number of hydrogen-bond donors (Lipinski definition) is 1. The Morgan fingerprint density at radius 2 is 2.26 bits per heavy atom. The molecule has 1 unspecified atom stereocenters. The first-order valence-electron chi connectivity index (χ1n) is 8.52. The second kappa shape index (κ2) is 7.77. The molecule has 2 aromatic heterocycles. The van der Waals surface area contributed by atoms with Crippen LogP contribution in [0.5, 0.6) is 5.75 Å². The van der Waals surface area contributed by atoms with E-state index in [0.29, 0.717) is 18.0 Å². The summed E-state index contributed by atoms with van der Waals surface area (Å²) < 4.78 is 33.7. The van der Waals surface area contributed by atoms with Crippen molar-refractivity contribution in [3.8, 4) is 5.75 Å². The Morgan fingerprint density at radius 3 is 3.04 bits per heavy atom. The zero-order chi connectivity index (χ0) is 18.7. The van der Waals surface area contributed by atoms with Gasteiger partial charge in [0.15, 0.2) is 15.3 Å². The maximum Gasteiger partial charge on any atom is 0.184 e. The summed E-state index contributed by atoms with van der Waals surface area (Å²) in [4.78, 5) is 6.41. The Kier molecular flexibility index (Phi) is 5.22. The van der Waals surface area contributed by atoms with E-state index in [1.54, 1.807) is 41.8 Å². The standard InChI is InChI=1S/C19H19N3O3S2/c23-27(24,21-17-2-1-6-20-11-17)18-4-3-16-13-22(7-8-25-19(16)10-18)12-15-5-9-26-14-15/h1-6,9-11,14H,7-8,12-13H2,(H-,21,23,24). The number of benzene rings is 1. The molecule has 1 atom stereocenters. The number of thiophene rings is 1. The Morgan fingerprint density at radius 1 is 1.33 bits per heavy atom. The predicted molar refractivity (Wildman–Crippen MR) is 105 cm³/mol. The average molecular weight is 402 g/mol. The molecule has 1 aromatic carbocycles. The Labute approximate surface area is 163 Å². The molecule has 3 heterocycles. The van der Waals surface area contributed by atoms with E-state index in [9.17, 15) is 8.76 Å². The molecule has 0 aliphatic carbocycles. The zero-order valence-electron chi connectivity index (χ0n) is 14.5. The molecule has 0 radical (unpaired) electrons. The Balaban J connectivity index is 1.53. The summed E-state index contributed by atoms with van der Waals surface area (Å²) in [6.07, 6.45) is 3.07. The number of nitrogens with zero attached hydrogens (tertiary/aromatic N) is 2. The number of fused-ring (bicyclic) bond motifs is 1. The molecule has 140 valence electrons. The van der Waals surface area contributed by atoms with Gasteiger partial charge in [0.2, 0.25) is 0 Å². The normalized spacial score (nSPS) is 16.6. The van der Waals surface area contributed by atoms with Crippen LogP contribution in [0, 0.1) is 0 Å². The van der Waals surface area contributed by atoms with Crippen LogP contribution in [0.2, 0.25) is 0 Å². The first-order valence-corrected chi connectivity index (χ1v) is 10.9. The van der Waals surface area contributed by atoms with Crippen LogP contribution in [0.15, 0.2) is 64.4 Å². The topological polar surface area (TPSA) is 77.5 Å². The number of ether oxygens (including phenoxy) is 1. The molecule has 0 fully saturated rings. The minimum absolute atomic E-state index is 0.177. The van der Waals surface area contributed by atoms with Gasteiger partial charge in [-0.25, -0.2) is 4.72 Å². The number of rotatable bonds is 5. The second-order valence-electron chi connectivity index (χ2n) is 6.31. The SMILES string of the molecule is O=[S+]([O-])(Nc1cccnc1)c1ccc2c(c1)OCCN(Cc1ccsc1)C2.